The maximum atomic E-state index is 3.69. The van der Waals surface area contributed by atoms with Gasteiger partial charge in [0.25, 0.3) is 0 Å². The average molecular weight is 239 g/mol. The maximum absolute atomic E-state index is 3.69. The van der Waals surface area contributed by atoms with E-state index in [1.165, 1.54) is 38.6 Å². The molecule has 1 saturated carbocycles. The van der Waals surface area contributed by atoms with Crippen molar-refractivity contribution < 1.29 is 0 Å². The summed E-state index contributed by atoms with van der Waals surface area (Å²) in [5, 5.41) is 3.69. The second kappa shape index (κ2) is 5.73. The van der Waals surface area contributed by atoms with Gasteiger partial charge in [0.2, 0.25) is 0 Å². The van der Waals surface area contributed by atoms with Crippen LogP contribution in [0, 0.1) is 17.3 Å². The normalized spacial score (nSPS) is 26.5. The maximum Gasteiger partial charge on any atom is 0.00966 e. The zero-order valence-corrected chi connectivity index (χ0v) is 12.9. The van der Waals surface area contributed by atoms with Crippen LogP contribution < -0.4 is 5.32 Å². The zero-order chi connectivity index (χ0) is 13.1. The minimum Gasteiger partial charge on any atom is -0.312 e. The van der Waals surface area contributed by atoms with Gasteiger partial charge in [0, 0.05) is 5.54 Å². The third-order valence-corrected chi connectivity index (χ3v) is 3.98. The van der Waals surface area contributed by atoms with Crippen molar-refractivity contribution in [3.8, 4) is 0 Å². The Morgan fingerprint density at radius 2 is 1.53 bits per heavy atom. The van der Waals surface area contributed by atoms with E-state index in [0.29, 0.717) is 5.41 Å². The van der Waals surface area contributed by atoms with Crippen LogP contribution in [-0.2, 0) is 0 Å². The number of nitrogens with one attached hydrogen (secondary N) is 1. The Kier molecular flexibility index (Phi) is 5.07. The van der Waals surface area contributed by atoms with Crippen LogP contribution in [0.1, 0.15) is 73.6 Å². The van der Waals surface area contributed by atoms with E-state index in [-0.39, 0.29) is 5.54 Å². The zero-order valence-electron chi connectivity index (χ0n) is 12.9. The lowest BCUT2D eigenvalue weighted by Gasteiger charge is -2.28. The van der Waals surface area contributed by atoms with Crippen molar-refractivity contribution in [2.24, 2.45) is 17.3 Å². The molecule has 1 aliphatic rings. The molecule has 2 atom stereocenters. The van der Waals surface area contributed by atoms with Crippen LogP contribution in [0.25, 0.3) is 0 Å². The standard InChI is InChI=1S/C16H33N/c1-15(2,3)11-10-13-8-7-9-14(13)12-17-16(4,5)6/h13-14,17H,7-12H2,1-6H3. The first-order chi connectivity index (χ1) is 7.67. The van der Waals surface area contributed by atoms with Gasteiger partial charge in [-0.3, -0.25) is 0 Å². The summed E-state index contributed by atoms with van der Waals surface area (Å²) >= 11 is 0. The molecule has 0 aromatic carbocycles. The first-order valence-electron chi connectivity index (χ1n) is 7.42. The van der Waals surface area contributed by atoms with Gasteiger partial charge in [-0.2, -0.15) is 0 Å². The van der Waals surface area contributed by atoms with Crippen LogP contribution in [0.5, 0.6) is 0 Å². The Morgan fingerprint density at radius 1 is 0.941 bits per heavy atom. The van der Waals surface area contributed by atoms with Crippen LogP contribution in [-0.4, -0.2) is 12.1 Å². The summed E-state index contributed by atoms with van der Waals surface area (Å²) < 4.78 is 0. The van der Waals surface area contributed by atoms with E-state index in [1.54, 1.807) is 0 Å². The van der Waals surface area contributed by atoms with E-state index in [2.05, 4.69) is 46.9 Å². The van der Waals surface area contributed by atoms with E-state index >= 15 is 0 Å². The van der Waals surface area contributed by atoms with Crippen LogP contribution in [0.3, 0.4) is 0 Å². The number of hydrogen-bond donors (Lipinski definition) is 1. The third-order valence-electron chi connectivity index (χ3n) is 3.98. The fourth-order valence-corrected chi connectivity index (χ4v) is 2.82. The van der Waals surface area contributed by atoms with Crippen LogP contribution in [0.2, 0.25) is 0 Å². The summed E-state index contributed by atoms with van der Waals surface area (Å²) in [5.74, 6) is 1.90. The summed E-state index contributed by atoms with van der Waals surface area (Å²) in [5.41, 5.74) is 0.780. The molecule has 0 aliphatic heterocycles. The predicted octanol–water partition coefficient (Wildman–Crippen LogP) is 4.62. The van der Waals surface area contributed by atoms with Crippen molar-refractivity contribution in [3.63, 3.8) is 0 Å². The molecule has 1 aliphatic carbocycles. The molecule has 0 radical (unpaired) electrons. The Balaban J connectivity index is 2.34. The molecule has 0 spiro atoms. The third kappa shape index (κ3) is 6.45. The van der Waals surface area contributed by atoms with Gasteiger partial charge >= 0.3 is 0 Å². The topological polar surface area (TPSA) is 12.0 Å². The smallest absolute Gasteiger partial charge is 0.00966 e. The molecule has 1 fully saturated rings. The summed E-state index contributed by atoms with van der Waals surface area (Å²) in [6, 6.07) is 0. The quantitative estimate of drug-likeness (QED) is 0.755. The second-order valence-electron chi connectivity index (χ2n) is 8.18. The van der Waals surface area contributed by atoms with E-state index in [1.807, 2.05) is 0 Å². The SMILES string of the molecule is CC(C)(C)CCC1CCCC1CNC(C)(C)C. The Hall–Kier alpha value is -0.0400. The largest absolute Gasteiger partial charge is 0.312 e. The molecule has 0 aromatic heterocycles. The summed E-state index contributed by atoms with van der Waals surface area (Å²) in [6.07, 6.45) is 7.17. The Bertz CT molecular complexity index is 195. The van der Waals surface area contributed by atoms with Crippen LogP contribution in [0.4, 0.5) is 0 Å². The fraction of sp³-hybridized carbons (Fsp3) is 1.00. The molecule has 1 N–H and O–H groups in total. The summed E-state index contributed by atoms with van der Waals surface area (Å²) in [6.45, 7) is 15.1. The first-order valence-corrected chi connectivity index (χ1v) is 7.42. The second-order valence-corrected chi connectivity index (χ2v) is 8.18. The molecule has 0 saturated heterocycles. The molecule has 17 heavy (non-hydrogen) atoms. The van der Waals surface area contributed by atoms with Crippen LogP contribution in [0.15, 0.2) is 0 Å². The van der Waals surface area contributed by atoms with Crippen molar-refractivity contribution in [3.05, 3.63) is 0 Å². The molecule has 0 aromatic rings. The highest BCUT2D eigenvalue weighted by molar-refractivity contribution is 4.83. The van der Waals surface area contributed by atoms with Crippen molar-refractivity contribution >= 4 is 0 Å². The highest BCUT2D eigenvalue weighted by Crippen LogP contribution is 2.37. The van der Waals surface area contributed by atoms with E-state index in [9.17, 15) is 0 Å². The monoisotopic (exact) mass is 239 g/mol. The lowest BCUT2D eigenvalue weighted by atomic mass is 9.83. The molecule has 1 heteroatoms. The number of rotatable bonds is 4. The van der Waals surface area contributed by atoms with Gasteiger partial charge in [0.05, 0.1) is 0 Å². The highest BCUT2D eigenvalue weighted by atomic mass is 14.9. The predicted molar refractivity (Wildman–Crippen MR) is 77.3 cm³/mol. The molecule has 0 bridgehead atoms. The van der Waals surface area contributed by atoms with E-state index in [4.69, 9.17) is 0 Å². The lowest BCUT2D eigenvalue weighted by Crippen LogP contribution is -2.39. The minimum atomic E-state index is 0.275. The molecule has 102 valence electrons. The molecule has 1 rings (SSSR count). The van der Waals surface area contributed by atoms with Gasteiger partial charge < -0.3 is 5.32 Å². The fourth-order valence-electron chi connectivity index (χ4n) is 2.82. The summed E-state index contributed by atoms with van der Waals surface area (Å²) in [4.78, 5) is 0. The van der Waals surface area contributed by atoms with Gasteiger partial charge in [0.1, 0.15) is 0 Å². The van der Waals surface area contributed by atoms with E-state index < -0.39 is 0 Å². The van der Waals surface area contributed by atoms with Gasteiger partial charge in [-0.1, -0.05) is 33.6 Å². The summed E-state index contributed by atoms with van der Waals surface area (Å²) in [7, 11) is 0. The Morgan fingerprint density at radius 3 is 2.06 bits per heavy atom. The highest BCUT2D eigenvalue weighted by Gasteiger charge is 2.28. The van der Waals surface area contributed by atoms with Gasteiger partial charge in [-0.25, -0.2) is 0 Å². The lowest BCUT2D eigenvalue weighted by molar-refractivity contribution is 0.264. The molecular weight excluding hydrogens is 206 g/mol. The van der Waals surface area contributed by atoms with Gasteiger partial charge in [-0.05, 0) is 63.8 Å². The molecule has 1 nitrogen and oxygen atoms in total. The molecule has 2 unspecified atom stereocenters. The molecule has 0 amide bonds. The number of hydrogen-bond acceptors (Lipinski definition) is 1. The van der Waals surface area contributed by atoms with Crippen molar-refractivity contribution in [2.75, 3.05) is 6.54 Å². The van der Waals surface area contributed by atoms with Gasteiger partial charge in [0.15, 0.2) is 0 Å². The molecule has 0 heterocycles. The molecular formula is C16H33N. The Labute approximate surface area is 109 Å². The van der Waals surface area contributed by atoms with Crippen molar-refractivity contribution in [1.82, 2.24) is 5.32 Å². The average Bonchev–Trinajstić information content (AvgIpc) is 2.56. The van der Waals surface area contributed by atoms with E-state index in [0.717, 1.165) is 11.8 Å². The minimum absolute atomic E-state index is 0.275. The van der Waals surface area contributed by atoms with Gasteiger partial charge in [-0.15, -0.1) is 0 Å². The van der Waals surface area contributed by atoms with Crippen molar-refractivity contribution in [2.45, 2.75) is 79.2 Å². The van der Waals surface area contributed by atoms with Crippen molar-refractivity contribution in [1.29, 1.82) is 0 Å². The van der Waals surface area contributed by atoms with Crippen LogP contribution >= 0.6 is 0 Å². The first kappa shape index (κ1) is 15.0.